The van der Waals surface area contributed by atoms with Gasteiger partial charge in [0.05, 0.1) is 16.7 Å². The highest BCUT2D eigenvalue weighted by atomic mass is 35.5. The SMILES string of the molecule is Cc1cccc2c1N(S(=O)(=O)c1cccc(Cl)c1)CCC2O. The fourth-order valence-corrected chi connectivity index (χ4v) is 4.66. The van der Waals surface area contributed by atoms with Gasteiger partial charge in [-0.15, -0.1) is 0 Å². The monoisotopic (exact) mass is 337 g/mol. The van der Waals surface area contributed by atoms with Gasteiger partial charge in [0.1, 0.15) is 0 Å². The minimum Gasteiger partial charge on any atom is -0.388 e. The van der Waals surface area contributed by atoms with Crippen molar-refractivity contribution in [2.45, 2.75) is 24.3 Å². The van der Waals surface area contributed by atoms with Gasteiger partial charge in [-0.1, -0.05) is 35.9 Å². The van der Waals surface area contributed by atoms with Gasteiger partial charge >= 0.3 is 0 Å². The summed E-state index contributed by atoms with van der Waals surface area (Å²) in [7, 11) is -3.71. The number of benzene rings is 2. The second-order valence-electron chi connectivity index (χ2n) is 5.35. The van der Waals surface area contributed by atoms with Crippen molar-refractivity contribution in [2.75, 3.05) is 10.8 Å². The number of rotatable bonds is 2. The van der Waals surface area contributed by atoms with Crippen LogP contribution < -0.4 is 4.31 Å². The number of sulfonamides is 1. The number of aryl methyl sites for hydroxylation is 1. The molecule has 1 aliphatic heterocycles. The number of anilines is 1. The summed E-state index contributed by atoms with van der Waals surface area (Å²) < 4.78 is 27.3. The van der Waals surface area contributed by atoms with E-state index in [4.69, 9.17) is 11.6 Å². The lowest BCUT2D eigenvalue weighted by Crippen LogP contribution is -2.37. The fraction of sp³-hybridized carbons (Fsp3) is 0.250. The highest BCUT2D eigenvalue weighted by Gasteiger charge is 2.33. The molecule has 4 nitrogen and oxygen atoms in total. The van der Waals surface area contributed by atoms with Crippen molar-refractivity contribution in [3.63, 3.8) is 0 Å². The molecule has 1 N–H and O–H groups in total. The fourth-order valence-electron chi connectivity index (χ4n) is 2.79. The first kappa shape index (κ1) is 15.3. The van der Waals surface area contributed by atoms with E-state index < -0.39 is 16.1 Å². The summed E-state index contributed by atoms with van der Waals surface area (Å²) in [5, 5.41) is 10.5. The van der Waals surface area contributed by atoms with E-state index in [1.54, 1.807) is 18.2 Å². The smallest absolute Gasteiger partial charge is 0.264 e. The van der Waals surface area contributed by atoms with Crippen LogP contribution in [0, 0.1) is 6.92 Å². The van der Waals surface area contributed by atoms with Gasteiger partial charge in [-0.3, -0.25) is 4.31 Å². The van der Waals surface area contributed by atoms with Crippen LogP contribution in [0.1, 0.15) is 23.7 Å². The number of fused-ring (bicyclic) bond motifs is 1. The highest BCUT2D eigenvalue weighted by molar-refractivity contribution is 7.92. The Morgan fingerprint density at radius 3 is 2.68 bits per heavy atom. The molecule has 0 radical (unpaired) electrons. The predicted molar refractivity (Wildman–Crippen MR) is 86.7 cm³/mol. The molecule has 1 unspecified atom stereocenters. The topological polar surface area (TPSA) is 57.6 Å². The molecule has 1 aliphatic rings. The molecule has 0 aromatic heterocycles. The molecular formula is C16H16ClNO3S. The molecule has 2 aromatic rings. The zero-order valence-corrected chi connectivity index (χ0v) is 13.6. The molecular weight excluding hydrogens is 322 g/mol. The molecule has 2 aromatic carbocycles. The van der Waals surface area contributed by atoms with Crippen molar-refractivity contribution in [3.05, 3.63) is 58.6 Å². The van der Waals surface area contributed by atoms with Crippen molar-refractivity contribution < 1.29 is 13.5 Å². The van der Waals surface area contributed by atoms with Gasteiger partial charge in [0.2, 0.25) is 0 Å². The van der Waals surface area contributed by atoms with Gasteiger partial charge in [0.25, 0.3) is 10.0 Å². The van der Waals surface area contributed by atoms with Crippen LogP contribution in [0.25, 0.3) is 0 Å². The standard InChI is InChI=1S/C16H16ClNO3S/c1-11-4-2-7-14-15(19)8-9-18(16(11)14)22(20,21)13-6-3-5-12(17)10-13/h2-7,10,15,19H,8-9H2,1H3. The van der Waals surface area contributed by atoms with E-state index in [-0.39, 0.29) is 11.4 Å². The zero-order chi connectivity index (χ0) is 15.9. The first-order valence-corrected chi connectivity index (χ1v) is 8.79. The molecule has 0 bridgehead atoms. The molecule has 22 heavy (non-hydrogen) atoms. The van der Waals surface area contributed by atoms with E-state index in [1.807, 2.05) is 19.1 Å². The number of para-hydroxylation sites is 1. The maximum absolute atomic E-state index is 12.9. The van der Waals surface area contributed by atoms with Crippen molar-refractivity contribution in [3.8, 4) is 0 Å². The number of nitrogens with zero attached hydrogens (tertiary/aromatic N) is 1. The summed E-state index contributed by atoms with van der Waals surface area (Å²) in [5.74, 6) is 0. The minimum atomic E-state index is -3.71. The van der Waals surface area contributed by atoms with Gasteiger partial charge in [0.15, 0.2) is 0 Å². The molecule has 0 aliphatic carbocycles. The highest BCUT2D eigenvalue weighted by Crippen LogP contribution is 2.39. The van der Waals surface area contributed by atoms with Gasteiger partial charge in [0, 0.05) is 17.1 Å². The van der Waals surface area contributed by atoms with Gasteiger partial charge in [-0.05, 0) is 37.1 Å². The molecule has 1 atom stereocenters. The van der Waals surface area contributed by atoms with Crippen LogP contribution in [0.3, 0.4) is 0 Å². The second-order valence-corrected chi connectivity index (χ2v) is 7.65. The third-order valence-corrected chi connectivity index (χ3v) is 5.90. The maximum atomic E-state index is 12.9. The lowest BCUT2D eigenvalue weighted by molar-refractivity contribution is 0.166. The second kappa shape index (κ2) is 5.57. The predicted octanol–water partition coefficient (Wildman–Crippen LogP) is 3.28. The van der Waals surface area contributed by atoms with Crippen LogP contribution in [0.4, 0.5) is 5.69 Å². The van der Waals surface area contributed by atoms with E-state index in [1.165, 1.54) is 16.4 Å². The molecule has 0 fully saturated rings. The van der Waals surface area contributed by atoms with Crippen LogP contribution in [0.5, 0.6) is 0 Å². The first-order valence-electron chi connectivity index (χ1n) is 6.97. The van der Waals surface area contributed by atoms with Gasteiger partial charge < -0.3 is 5.11 Å². The maximum Gasteiger partial charge on any atom is 0.264 e. The Bertz CT molecular complexity index is 820. The minimum absolute atomic E-state index is 0.158. The molecule has 1 heterocycles. The normalized spacial score (nSPS) is 18.1. The van der Waals surface area contributed by atoms with Crippen LogP contribution in [0.15, 0.2) is 47.4 Å². The molecule has 0 amide bonds. The van der Waals surface area contributed by atoms with E-state index in [2.05, 4.69) is 0 Å². The summed E-state index contributed by atoms with van der Waals surface area (Å²) in [5.41, 5.74) is 2.04. The van der Waals surface area contributed by atoms with Crippen molar-refractivity contribution in [1.82, 2.24) is 0 Å². The summed E-state index contributed by atoms with van der Waals surface area (Å²) in [6.45, 7) is 2.09. The van der Waals surface area contributed by atoms with Crippen LogP contribution in [-0.2, 0) is 10.0 Å². The molecule has 116 valence electrons. The quantitative estimate of drug-likeness (QED) is 0.915. The Kier molecular flexibility index (Phi) is 3.89. The Hall–Kier alpha value is -1.56. The summed E-state index contributed by atoms with van der Waals surface area (Å²) in [6, 6.07) is 11.7. The summed E-state index contributed by atoms with van der Waals surface area (Å²) in [4.78, 5) is 0.158. The zero-order valence-electron chi connectivity index (χ0n) is 12.0. The van der Waals surface area contributed by atoms with Crippen molar-refractivity contribution >= 4 is 27.3 Å². The molecule has 0 saturated heterocycles. The molecule has 0 spiro atoms. The van der Waals surface area contributed by atoms with E-state index in [0.717, 1.165) is 5.56 Å². The number of hydrogen-bond donors (Lipinski definition) is 1. The third-order valence-electron chi connectivity index (χ3n) is 3.87. The van der Waals surface area contributed by atoms with Crippen molar-refractivity contribution in [1.29, 1.82) is 0 Å². The van der Waals surface area contributed by atoms with Crippen LogP contribution in [-0.4, -0.2) is 20.1 Å². The van der Waals surface area contributed by atoms with Crippen LogP contribution in [0.2, 0.25) is 5.02 Å². The number of hydrogen-bond acceptors (Lipinski definition) is 3. The van der Waals surface area contributed by atoms with E-state index >= 15 is 0 Å². The van der Waals surface area contributed by atoms with Crippen molar-refractivity contribution in [2.24, 2.45) is 0 Å². The Morgan fingerprint density at radius 1 is 1.23 bits per heavy atom. The lowest BCUT2D eigenvalue weighted by Gasteiger charge is -2.34. The first-order chi connectivity index (χ1) is 10.4. The average molecular weight is 338 g/mol. The Morgan fingerprint density at radius 2 is 1.95 bits per heavy atom. The number of aliphatic hydroxyl groups is 1. The summed E-state index contributed by atoms with van der Waals surface area (Å²) in [6.07, 6.45) is -0.267. The van der Waals surface area contributed by atoms with E-state index in [9.17, 15) is 13.5 Å². The van der Waals surface area contributed by atoms with E-state index in [0.29, 0.717) is 22.7 Å². The molecule has 3 rings (SSSR count). The number of aliphatic hydroxyl groups excluding tert-OH is 1. The van der Waals surface area contributed by atoms with Gasteiger partial charge in [-0.2, -0.15) is 0 Å². The third kappa shape index (κ3) is 2.49. The number of halogens is 1. The lowest BCUT2D eigenvalue weighted by atomic mass is 9.98. The largest absolute Gasteiger partial charge is 0.388 e. The Labute approximate surface area is 135 Å². The average Bonchev–Trinajstić information content (AvgIpc) is 2.48. The summed E-state index contributed by atoms with van der Waals surface area (Å²) >= 11 is 5.92. The molecule has 0 saturated carbocycles. The van der Waals surface area contributed by atoms with Crippen LogP contribution >= 0.6 is 11.6 Å². The Balaban J connectivity index is 2.16. The van der Waals surface area contributed by atoms with Gasteiger partial charge in [-0.25, -0.2) is 8.42 Å². The molecule has 6 heteroatoms.